The average molecular weight is 315 g/mol. The van der Waals surface area contributed by atoms with Crippen molar-refractivity contribution in [2.75, 3.05) is 6.54 Å². The van der Waals surface area contributed by atoms with Gasteiger partial charge in [-0.05, 0) is 50.1 Å². The van der Waals surface area contributed by atoms with Crippen LogP contribution >= 0.6 is 11.3 Å². The lowest BCUT2D eigenvalue weighted by Crippen LogP contribution is -2.30. The Hall–Kier alpha value is -2.14. The third-order valence-corrected chi connectivity index (χ3v) is 5.06. The molecule has 114 valence electrons. The number of thiophene rings is 1. The fourth-order valence-corrected chi connectivity index (χ4v) is 3.91. The van der Waals surface area contributed by atoms with Gasteiger partial charge in [0.05, 0.1) is 11.6 Å². The monoisotopic (exact) mass is 315 g/mol. The Morgan fingerprint density at radius 3 is 2.68 bits per heavy atom. The molecule has 1 N–H and O–H groups in total. The summed E-state index contributed by atoms with van der Waals surface area (Å²) < 4.78 is 0. The quantitative estimate of drug-likeness (QED) is 0.939. The van der Waals surface area contributed by atoms with Crippen molar-refractivity contribution < 1.29 is 14.7 Å². The van der Waals surface area contributed by atoms with E-state index in [0.717, 1.165) is 19.4 Å². The third kappa shape index (κ3) is 2.76. The summed E-state index contributed by atoms with van der Waals surface area (Å²) in [5.41, 5.74) is 0.591. The van der Waals surface area contributed by atoms with Crippen molar-refractivity contribution in [1.82, 2.24) is 4.90 Å². The largest absolute Gasteiger partial charge is 0.478 e. The molecule has 1 aromatic carbocycles. The van der Waals surface area contributed by atoms with Gasteiger partial charge in [0.2, 0.25) is 0 Å². The maximum atomic E-state index is 12.7. The van der Waals surface area contributed by atoms with Gasteiger partial charge in [0.15, 0.2) is 0 Å². The number of carbonyl (C=O) groups excluding carboxylic acids is 1. The molecule has 4 nitrogen and oxygen atoms in total. The Kier molecular flexibility index (Phi) is 3.98. The Balaban J connectivity index is 1.87. The molecule has 1 aliphatic heterocycles. The van der Waals surface area contributed by atoms with Crippen LogP contribution in [0.1, 0.15) is 49.4 Å². The molecule has 1 unspecified atom stereocenters. The molecule has 0 radical (unpaired) electrons. The number of amides is 1. The summed E-state index contributed by atoms with van der Waals surface area (Å²) in [5.74, 6) is -1.10. The van der Waals surface area contributed by atoms with Gasteiger partial charge in [0.1, 0.15) is 0 Å². The van der Waals surface area contributed by atoms with Crippen molar-refractivity contribution in [3.63, 3.8) is 0 Å². The second-order valence-corrected chi connectivity index (χ2v) is 6.81. The second kappa shape index (κ2) is 5.93. The van der Waals surface area contributed by atoms with Gasteiger partial charge in [-0.2, -0.15) is 0 Å². The summed E-state index contributed by atoms with van der Waals surface area (Å²) in [6.07, 6.45) is 1.94. The third-order valence-electron chi connectivity index (χ3n) is 3.96. The van der Waals surface area contributed by atoms with E-state index >= 15 is 0 Å². The number of carboxylic acid groups (broad SMARTS) is 1. The van der Waals surface area contributed by atoms with E-state index in [1.807, 2.05) is 4.90 Å². The zero-order chi connectivity index (χ0) is 15.7. The molecule has 3 rings (SSSR count). The van der Waals surface area contributed by atoms with Gasteiger partial charge < -0.3 is 10.0 Å². The first kappa shape index (κ1) is 14.8. The summed E-state index contributed by atoms with van der Waals surface area (Å²) in [5, 5.41) is 9.07. The standard InChI is InChI=1S/C17H17NO3S/c1-11-7-8-15(22-11)14-6-3-9-18(14)16(19)12-4-2-5-13(10-12)17(20)21/h2,4-5,7-8,10,14H,3,6,9H2,1H3,(H,20,21). The van der Waals surface area contributed by atoms with E-state index in [2.05, 4.69) is 19.1 Å². The number of aryl methyl sites for hydroxylation is 1. The summed E-state index contributed by atoms with van der Waals surface area (Å²) in [4.78, 5) is 28.1. The van der Waals surface area contributed by atoms with Gasteiger partial charge in [0.25, 0.3) is 5.91 Å². The van der Waals surface area contributed by atoms with Gasteiger partial charge >= 0.3 is 5.97 Å². The summed E-state index contributed by atoms with van der Waals surface area (Å²) in [7, 11) is 0. The molecule has 1 fully saturated rings. The molecule has 1 aliphatic rings. The highest BCUT2D eigenvalue weighted by molar-refractivity contribution is 7.12. The van der Waals surface area contributed by atoms with E-state index in [0.29, 0.717) is 5.56 Å². The fourth-order valence-electron chi connectivity index (χ4n) is 2.89. The van der Waals surface area contributed by atoms with Crippen molar-refractivity contribution in [1.29, 1.82) is 0 Å². The molecule has 1 saturated heterocycles. The van der Waals surface area contributed by atoms with Crippen LogP contribution in [0.4, 0.5) is 0 Å². The van der Waals surface area contributed by atoms with Crippen molar-refractivity contribution in [2.45, 2.75) is 25.8 Å². The Morgan fingerprint density at radius 1 is 1.23 bits per heavy atom. The number of benzene rings is 1. The van der Waals surface area contributed by atoms with Crippen molar-refractivity contribution in [3.05, 3.63) is 57.3 Å². The average Bonchev–Trinajstić information content (AvgIpc) is 3.15. The maximum absolute atomic E-state index is 12.7. The summed E-state index contributed by atoms with van der Waals surface area (Å²) in [6.45, 7) is 2.78. The first-order valence-corrected chi connectivity index (χ1v) is 8.08. The number of hydrogen-bond donors (Lipinski definition) is 1. The van der Waals surface area contributed by atoms with Gasteiger partial charge in [-0.15, -0.1) is 11.3 Å². The van der Waals surface area contributed by atoms with Crippen molar-refractivity contribution >= 4 is 23.2 Å². The number of likely N-dealkylation sites (tertiary alicyclic amines) is 1. The Morgan fingerprint density at radius 2 is 2.00 bits per heavy atom. The number of aromatic carboxylic acids is 1. The van der Waals surface area contributed by atoms with Crippen molar-refractivity contribution in [2.24, 2.45) is 0 Å². The Labute approximate surface area is 133 Å². The normalized spacial score (nSPS) is 17.7. The molecular weight excluding hydrogens is 298 g/mol. The van der Waals surface area contributed by atoms with Gasteiger partial charge in [-0.25, -0.2) is 4.79 Å². The molecule has 1 amide bonds. The molecule has 1 aromatic heterocycles. The molecule has 2 heterocycles. The highest BCUT2D eigenvalue weighted by Gasteiger charge is 2.31. The van der Waals surface area contributed by atoms with E-state index in [4.69, 9.17) is 5.11 Å². The number of carboxylic acids is 1. The summed E-state index contributed by atoms with van der Waals surface area (Å²) in [6, 6.07) is 10.5. The lowest BCUT2D eigenvalue weighted by atomic mass is 10.1. The minimum Gasteiger partial charge on any atom is -0.478 e. The lowest BCUT2D eigenvalue weighted by Gasteiger charge is -2.24. The minimum atomic E-state index is -1.01. The van der Waals surface area contributed by atoms with Crippen LogP contribution in [0.25, 0.3) is 0 Å². The first-order valence-electron chi connectivity index (χ1n) is 7.27. The SMILES string of the molecule is Cc1ccc(C2CCCN2C(=O)c2cccc(C(=O)O)c2)s1. The van der Waals surface area contributed by atoms with Crippen LogP contribution in [-0.4, -0.2) is 28.4 Å². The predicted molar refractivity (Wildman–Crippen MR) is 85.5 cm³/mol. The molecule has 0 aliphatic carbocycles. The van der Waals surface area contributed by atoms with Gasteiger partial charge in [-0.3, -0.25) is 4.79 Å². The Bertz CT molecular complexity index is 722. The van der Waals surface area contributed by atoms with E-state index in [9.17, 15) is 9.59 Å². The number of nitrogens with zero attached hydrogens (tertiary/aromatic N) is 1. The first-order chi connectivity index (χ1) is 10.6. The zero-order valence-electron chi connectivity index (χ0n) is 12.3. The van der Waals surface area contributed by atoms with E-state index in [-0.39, 0.29) is 17.5 Å². The van der Waals surface area contributed by atoms with Crippen LogP contribution in [0.2, 0.25) is 0 Å². The molecule has 0 saturated carbocycles. The summed E-state index contributed by atoms with van der Waals surface area (Å²) >= 11 is 1.72. The lowest BCUT2D eigenvalue weighted by molar-refractivity contribution is 0.0697. The van der Waals surface area contributed by atoms with E-state index < -0.39 is 5.97 Å². The van der Waals surface area contributed by atoms with Crippen LogP contribution < -0.4 is 0 Å². The molecule has 2 aromatic rings. The molecule has 5 heteroatoms. The fraction of sp³-hybridized carbons (Fsp3) is 0.294. The number of hydrogen-bond acceptors (Lipinski definition) is 3. The zero-order valence-corrected chi connectivity index (χ0v) is 13.1. The van der Waals surface area contributed by atoms with Crippen LogP contribution in [0.3, 0.4) is 0 Å². The maximum Gasteiger partial charge on any atom is 0.335 e. The molecular formula is C17H17NO3S. The smallest absolute Gasteiger partial charge is 0.335 e. The second-order valence-electron chi connectivity index (χ2n) is 5.49. The predicted octanol–water partition coefficient (Wildman–Crippen LogP) is 3.73. The highest BCUT2D eigenvalue weighted by atomic mass is 32.1. The van der Waals surface area contributed by atoms with Crippen LogP contribution in [0.15, 0.2) is 36.4 Å². The van der Waals surface area contributed by atoms with Gasteiger partial charge in [0, 0.05) is 21.9 Å². The van der Waals surface area contributed by atoms with E-state index in [1.165, 1.54) is 21.9 Å². The topological polar surface area (TPSA) is 57.6 Å². The van der Waals surface area contributed by atoms with Crippen LogP contribution in [0.5, 0.6) is 0 Å². The van der Waals surface area contributed by atoms with Crippen molar-refractivity contribution in [3.8, 4) is 0 Å². The molecule has 0 spiro atoms. The van der Waals surface area contributed by atoms with E-state index in [1.54, 1.807) is 23.5 Å². The molecule has 22 heavy (non-hydrogen) atoms. The molecule has 0 bridgehead atoms. The van der Waals surface area contributed by atoms with Crippen LogP contribution in [-0.2, 0) is 0 Å². The van der Waals surface area contributed by atoms with Gasteiger partial charge in [-0.1, -0.05) is 6.07 Å². The highest BCUT2D eigenvalue weighted by Crippen LogP contribution is 2.36. The molecule has 1 atom stereocenters. The number of rotatable bonds is 3. The number of carbonyl (C=O) groups is 2. The minimum absolute atomic E-state index is 0.0864. The van der Waals surface area contributed by atoms with Crippen LogP contribution in [0, 0.1) is 6.92 Å².